The van der Waals surface area contributed by atoms with Crippen LogP contribution in [0.5, 0.6) is 0 Å². The summed E-state index contributed by atoms with van der Waals surface area (Å²) >= 11 is 3.36. The quantitative estimate of drug-likeness (QED) is 0.673. The minimum atomic E-state index is -0.301. The Bertz CT molecular complexity index is 469. The van der Waals surface area contributed by atoms with Crippen LogP contribution < -0.4 is 11.3 Å². The average Bonchev–Trinajstić information content (AvgIpc) is 2.69. The van der Waals surface area contributed by atoms with E-state index in [-0.39, 0.29) is 11.9 Å². The van der Waals surface area contributed by atoms with Crippen LogP contribution in [0.1, 0.15) is 17.4 Å². The van der Waals surface area contributed by atoms with Crippen molar-refractivity contribution in [2.45, 2.75) is 6.04 Å². The highest BCUT2D eigenvalue weighted by molar-refractivity contribution is 9.10. The number of nitrogens with two attached hydrogens (primary N) is 1. The number of hydrogen-bond donors (Lipinski definition) is 2. The average molecular weight is 285 g/mol. The fourth-order valence-electron chi connectivity index (χ4n) is 1.49. The van der Waals surface area contributed by atoms with Gasteiger partial charge in [-0.1, -0.05) is 12.1 Å². The maximum Gasteiger partial charge on any atom is 0.140 e. The topological polar surface area (TPSA) is 51.2 Å². The Morgan fingerprint density at radius 3 is 2.44 bits per heavy atom. The van der Waals surface area contributed by atoms with Gasteiger partial charge in [0.25, 0.3) is 0 Å². The van der Waals surface area contributed by atoms with Gasteiger partial charge in [-0.15, -0.1) is 0 Å². The summed E-state index contributed by atoms with van der Waals surface area (Å²) in [4.78, 5) is 0. The Kier molecular flexibility index (Phi) is 3.38. The predicted octanol–water partition coefficient (Wildman–Crippen LogP) is 2.73. The lowest BCUT2D eigenvalue weighted by molar-refractivity contribution is 0.449. The number of nitrogens with one attached hydrogen (secondary N) is 1. The van der Waals surface area contributed by atoms with Gasteiger partial charge in [0.15, 0.2) is 0 Å². The largest absolute Gasteiger partial charge is 0.466 e. The van der Waals surface area contributed by atoms with Crippen molar-refractivity contribution < 1.29 is 8.81 Å². The lowest BCUT2D eigenvalue weighted by Crippen LogP contribution is -2.28. The number of hydrogen-bond acceptors (Lipinski definition) is 3. The van der Waals surface area contributed by atoms with E-state index in [1.54, 1.807) is 24.5 Å². The van der Waals surface area contributed by atoms with Crippen molar-refractivity contribution in [2.24, 2.45) is 5.84 Å². The maximum absolute atomic E-state index is 12.8. The van der Waals surface area contributed by atoms with E-state index in [0.717, 1.165) is 10.0 Å². The molecular formula is C11H10BrFN2O. The monoisotopic (exact) mass is 284 g/mol. The van der Waals surface area contributed by atoms with E-state index in [1.807, 2.05) is 0 Å². The van der Waals surface area contributed by atoms with Gasteiger partial charge in [0.1, 0.15) is 17.6 Å². The zero-order valence-corrected chi connectivity index (χ0v) is 9.87. The molecule has 5 heteroatoms. The first-order chi connectivity index (χ1) is 7.72. The van der Waals surface area contributed by atoms with Gasteiger partial charge in [0.2, 0.25) is 0 Å². The van der Waals surface area contributed by atoms with Crippen molar-refractivity contribution in [2.75, 3.05) is 0 Å². The van der Waals surface area contributed by atoms with E-state index < -0.39 is 0 Å². The van der Waals surface area contributed by atoms with Gasteiger partial charge in [-0.3, -0.25) is 5.84 Å². The Balaban J connectivity index is 2.37. The van der Waals surface area contributed by atoms with Crippen molar-refractivity contribution >= 4 is 15.9 Å². The normalized spacial score (nSPS) is 12.7. The third-order valence-corrected chi connectivity index (χ3v) is 2.93. The first-order valence-electron chi connectivity index (χ1n) is 4.67. The summed E-state index contributed by atoms with van der Waals surface area (Å²) in [6, 6.07) is 7.57. The third-order valence-electron chi connectivity index (χ3n) is 2.28. The van der Waals surface area contributed by atoms with Crippen LogP contribution in [0.2, 0.25) is 0 Å². The van der Waals surface area contributed by atoms with Crippen molar-refractivity contribution in [1.29, 1.82) is 0 Å². The predicted molar refractivity (Wildman–Crippen MR) is 62.0 cm³/mol. The van der Waals surface area contributed by atoms with Gasteiger partial charge in [-0.25, -0.2) is 9.82 Å². The van der Waals surface area contributed by atoms with Crippen LogP contribution in [0.15, 0.2) is 45.5 Å². The van der Waals surface area contributed by atoms with Gasteiger partial charge in [-0.2, -0.15) is 0 Å². The smallest absolute Gasteiger partial charge is 0.140 e. The van der Waals surface area contributed by atoms with E-state index in [2.05, 4.69) is 21.4 Å². The molecule has 0 aliphatic rings. The zero-order chi connectivity index (χ0) is 11.5. The molecule has 2 rings (SSSR count). The molecule has 84 valence electrons. The Labute approximate surface area is 101 Å². The molecule has 0 amide bonds. The molecule has 1 atom stereocenters. The van der Waals surface area contributed by atoms with Crippen LogP contribution in [-0.2, 0) is 0 Å². The first-order valence-corrected chi connectivity index (χ1v) is 5.46. The number of hydrazine groups is 1. The van der Waals surface area contributed by atoms with Crippen molar-refractivity contribution in [1.82, 2.24) is 5.43 Å². The van der Waals surface area contributed by atoms with E-state index in [1.165, 1.54) is 12.1 Å². The molecule has 0 radical (unpaired) electrons. The van der Waals surface area contributed by atoms with Crippen LogP contribution in [0, 0.1) is 5.82 Å². The molecule has 0 aliphatic heterocycles. The molecule has 0 fully saturated rings. The van der Waals surface area contributed by atoms with Crippen molar-refractivity contribution in [3.8, 4) is 0 Å². The standard InChI is InChI=1S/C11H10BrFN2O/c12-9-5-6-16-11(9)10(15-14)7-1-3-8(13)4-2-7/h1-6,10,15H,14H2. The van der Waals surface area contributed by atoms with Gasteiger partial charge >= 0.3 is 0 Å². The molecule has 3 N–H and O–H groups in total. The molecule has 3 nitrogen and oxygen atoms in total. The maximum atomic E-state index is 12.8. The van der Waals surface area contributed by atoms with Crippen LogP contribution >= 0.6 is 15.9 Å². The molecule has 0 saturated heterocycles. The lowest BCUT2D eigenvalue weighted by atomic mass is 10.1. The Morgan fingerprint density at radius 1 is 1.25 bits per heavy atom. The van der Waals surface area contributed by atoms with Crippen molar-refractivity contribution in [3.05, 3.63) is 58.2 Å². The summed E-state index contributed by atoms with van der Waals surface area (Å²) in [6.07, 6.45) is 1.56. The second kappa shape index (κ2) is 4.78. The molecule has 1 aromatic carbocycles. The van der Waals surface area contributed by atoms with Crippen LogP contribution in [0.3, 0.4) is 0 Å². The molecule has 1 aromatic heterocycles. The Morgan fingerprint density at radius 2 is 1.94 bits per heavy atom. The van der Waals surface area contributed by atoms with E-state index >= 15 is 0 Å². The van der Waals surface area contributed by atoms with Gasteiger partial charge in [0, 0.05) is 0 Å². The molecule has 16 heavy (non-hydrogen) atoms. The second-order valence-electron chi connectivity index (χ2n) is 3.28. The highest BCUT2D eigenvalue weighted by Crippen LogP contribution is 2.28. The molecule has 0 aliphatic carbocycles. The van der Waals surface area contributed by atoms with Gasteiger partial charge in [0.05, 0.1) is 10.7 Å². The second-order valence-corrected chi connectivity index (χ2v) is 4.14. The minimum absolute atomic E-state index is 0.280. The molecule has 0 bridgehead atoms. The van der Waals surface area contributed by atoms with Gasteiger partial charge < -0.3 is 4.42 Å². The first kappa shape index (κ1) is 11.3. The van der Waals surface area contributed by atoms with Crippen LogP contribution in [-0.4, -0.2) is 0 Å². The highest BCUT2D eigenvalue weighted by atomic mass is 79.9. The summed E-state index contributed by atoms with van der Waals surface area (Å²) in [5, 5.41) is 0. The molecule has 1 unspecified atom stereocenters. The molecule has 2 aromatic rings. The number of benzene rings is 1. The summed E-state index contributed by atoms with van der Waals surface area (Å²) in [5.74, 6) is 5.86. The third kappa shape index (κ3) is 2.16. The number of halogens is 2. The summed E-state index contributed by atoms with van der Waals surface area (Å²) in [5.41, 5.74) is 3.47. The summed E-state index contributed by atoms with van der Waals surface area (Å²) in [7, 11) is 0. The van der Waals surface area contributed by atoms with Gasteiger partial charge in [-0.05, 0) is 39.7 Å². The van der Waals surface area contributed by atoms with Crippen molar-refractivity contribution in [3.63, 3.8) is 0 Å². The Hall–Kier alpha value is -1.17. The fraction of sp³-hybridized carbons (Fsp3) is 0.0909. The molecule has 0 saturated carbocycles. The zero-order valence-electron chi connectivity index (χ0n) is 8.28. The van der Waals surface area contributed by atoms with E-state index in [4.69, 9.17) is 10.3 Å². The molecule has 1 heterocycles. The molecule has 0 spiro atoms. The van der Waals surface area contributed by atoms with Crippen LogP contribution in [0.25, 0.3) is 0 Å². The summed E-state index contributed by atoms with van der Waals surface area (Å²) < 4.78 is 18.9. The molecular weight excluding hydrogens is 275 g/mol. The number of furan rings is 1. The fourth-order valence-corrected chi connectivity index (χ4v) is 1.92. The van der Waals surface area contributed by atoms with Crippen LogP contribution in [0.4, 0.5) is 4.39 Å². The number of rotatable bonds is 3. The highest BCUT2D eigenvalue weighted by Gasteiger charge is 2.18. The minimum Gasteiger partial charge on any atom is -0.466 e. The van der Waals surface area contributed by atoms with E-state index in [0.29, 0.717) is 5.76 Å². The lowest BCUT2D eigenvalue weighted by Gasteiger charge is -2.14. The van der Waals surface area contributed by atoms with E-state index in [9.17, 15) is 4.39 Å². The summed E-state index contributed by atoms with van der Waals surface area (Å²) in [6.45, 7) is 0. The SMILES string of the molecule is NNC(c1ccc(F)cc1)c1occc1Br.